The molecule has 0 atom stereocenters. The molecule has 0 saturated heterocycles. The minimum atomic E-state index is -0.532. The lowest BCUT2D eigenvalue weighted by molar-refractivity contribution is 0.669. The van der Waals surface area contributed by atoms with Crippen LogP contribution in [0.1, 0.15) is 11.0 Å². The van der Waals surface area contributed by atoms with Crippen LogP contribution in [-0.2, 0) is 0 Å². The first-order valence-electron chi connectivity index (χ1n) is 20.3. The van der Waals surface area contributed by atoms with Gasteiger partial charge in [-0.25, -0.2) is 4.98 Å². The van der Waals surface area contributed by atoms with Gasteiger partial charge in [0.05, 0.1) is 22.0 Å². The third-order valence-corrected chi connectivity index (χ3v) is 10.6. The summed E-state index contributed by atoms with van der Waals surface area (Å²) in [6.45, 7) is 0. The van der Waals surface area contributed by atoms with E-state index in [4.69, 9.17) is 30.3 Å². The molecule has 0 aliphatic rings. The Morgan fingerprint density at radius 3 is 1.90 bits per heavy atom. The minimum Gasteiger partial charge on any atom is -0.456 e. The molecular weight excluding hydrogens is 645 g/mol. The number of nitrogens with zero attached hydrogens (tertiary/aromatic N) is 4. The number of benzene rings is 7. The third kappa shape index (κ3) is 4.24. The molecule has 11 aromatic rings. The van der Waals surface area contributed by atoms with Gasteiger partial charge in [0.1, 0.15) is 11.2 Å². The predicted molar refractivity (Wildman–Crippen MR) is 211 cm³/mol. The van der Waals surface area contributed by atoms with Gasteiger partial charge < -0.3 is 4.42 Å². The quantitative estimate of drug-likeness (QED) is 0.186. The lowest BCUT2D eigenvalue weighted by Crippen LogP contribution is -2.06. The molecule has 51 heavy (non-hydrogen) atoms. The largest absolute Gasteiger partial charge is 0.456 e. The van der Waals surface area contributed by atoms with Gasteiger partial charge in [-0.15, -0.1) is 11.3 Å². The van der Waals surface area contributed by atoms with E-state index in [1.165, 1.54) is 14.7 Å². The van der Waals surface area contributed by atoms with Crippen molar-refractivity contribution in [1.82, 2.24) is 19.5 Å². The third-order valence-electron chi connectivity index (χ3n) is 9.35. The summed E-state index contributed by atoms with van der Waals surface area (Å²) in [4.78, 5) is 14.9. The van der Waals surface area contributed by atoms with Crippen molar-refractivity contribution in [1.29, 1.82) is 0 Å². The summed E-state index contributed by atoms with van der Waals surface area (Å²) in [6.07, 6.45) is 0. The molecule has 0 amide bonds. The van der Waals surface area contributed by atoms with Crippen molar-refractivity contribution in [2.45, 2.75) is 0 Å². The van der Waals surface area contributed by atoms with Crippen molar-refractivity contribution in [3.63, 3.8) is 0 Å². The van der Waals surface area contributed by atoms with Crippen LogP contribution in [0.3, 0.4) is 0 Å². The summed E-state index contributed by atoms with van der Waals surface area (Å²) in [5.74, 6) is 0.361. The van der Waals surface area contributed by atoms with Gasteiger partial charge in [-0.1, -0.05) is 127 Å². The lowest BCUT2D eigenvalue weighted by Gasteiger charge is -2.12. The zero-order chi connectivity index (χ0) is 40.4. The maximum atomic E-state index is 9.10. The number of para-hydroxylation sites is 2. The number of hydrogen-bond acceptors (Lipinski definition) is 5. The molecule has 0 radical (unpaired) electrons. The molecule has 238 valence electrons. The second-order valence-electron chi connectivity index (χ2n) is 12.2. The number of fused-ring (bicyclic) bond motifs is 9. The van der Waals surface area contributed by atoms with E-state index in [9.17, 15) is 0 Å². The molecule has 11 rings (SSSR count). The molecule has 0 fully saturated rings. The van der Waals surface area contributed by atoms with E-state index in [1.807, 2.05) is 72.8 Å². The number of thiophene rings is 1. The van der Waals surface area contributed by atoms with Crippen molar-refractivity contribution < 1.29 is 15.4 Å². The van der Waals surface area contributed by atoms with Crippen LogP contribution in [0.2, 0.25) is 0 Å². The molecule has 0 N–H and O–H groups in total. The van der Waals surface area contributed by atoms with Crippen LogP contribution in [-0.4, -0.2) is 19.5 Å². The van der Waals surface area contributed by atoms with Crippen LogP contribution >= 0.6 is 11.3 Å². The maximum absolute atomic E-state index is 9.10. The maximum Gasteiger partial charge on any atom is 0.238 e. The van der Waals surface area contributed by atoms with E-state index in [1.54, 1.807) is 11.3 Å². The molecule has 4 aromatic heterocycles. The number of aromatic nitrogens is 4. The van der Waals surface area contributed by atoms with Gasteiger partial charge in [0.2, 0.25) is 5.95 Å². The van der Waals surface area contributed by atoms with Crippen LogP contribution in [0.25, 0.3) is 104 Å². The first-order valence-corrected chi connectivity index (χ1v) is 17.1. The highest BCUT2D eigenvalue weighted by atomic mass is 32.1. The normalized spacial score (nSPS) is 14.1. The Labute approximate surface area is 307 Å². The molecular formula is C45H26N4OS. The monoisotopic (exact) mass is 678 g/mol. The van der Waals surface area contributed by atoms with Gasteiger partial charge in [-0.3, -0.25) is 4.57 Å². The summed E-state index contributed by atoms with van der Waals surface area (Å²) in [5, 5.41) is 3.81. The molecule has 7 aromatic carbocycles. The van der Waals surface area contributed by atoms with Crippen molar-refractivity contribution in [3.05, 3.63) is 158 Å². The molecule has 0 aliphatic heterocycles. The predicted octanol–water partition coefficient (Wildman–Crippen LogP) is 12.2. The summed E-state index contributed by atoms with van der Waals surface area (Å²) in [6, 6.07) is 31.7. The summed E-state index contributed by atoms with van der Waals surface area (Å²) < 4.78 is 80.5. The number of rotatable bonds is 4. The fourth-order valence-corrected chi connectivity index (χ4v) is 8.39. The zero-order valence-corrected chi connectivity index (χ0v) is 27.3. The molecule has 4 heterocycles. The molecule has 5 nitrogen and oxygen atoms in total. The highest BCUT2D eigenvalue weighted by Gasteiger charge is 2.22. The summed E-state index contributed by atoms with van der Waals surface area (Å²) >= 11 is 1.74. The van der Waals surface area contributed by atoms with Gasteiger partial charge in [0.15, 0.2) is 11.6 Å². The van der Waals surface area contributed by atoms with Crippen LogP contribution in [0.5, 0.6) is 0 Å². The van der Waals surface area contributed by atoms with Gasteiger partial charge >= 0.3 is 0 Å². The van der Waals surface area contributed by atoms with E-state index in [0.29, 0.717) is 22.3 Å². The Morgan fingerprint density at radius 2 is 1.12 bits per heavy atom. The SMILES string of the molecule is [2H]c1c([2H])c([2H])c2c(c1[2H])c1c([2H])c([2H])c([2H])c([2H])c1n2-c1nc(-c2ccccc2)nc(-c2cccc3oc4cccc(-c5cccc6c5sc5ccccc56)c4c23)n1. The van der Waals surface area contributed by atoms with E-state index in [-0.39, 0.29) is 39.4 Å². The Morgan fingerprint density at radius 1 is 0.510 bits per heavy atom. The highest BCUT2D eigenvalue weighted by molar-refractivity contribution is 7.26. The summed E-state index contributed by atoms with van der Waals surface area (Å²) in [5.41, 5.74) is 4.32. The van der Waals surface area contributed by atoms with Gasteiger partial charge in [0, 0.05) is 58.4 Å². The molecule has 0 unspecified atom stereocenters. The van der Waals surface area contributed by atoms with Crippen LogP contribution in [0.4, 0.5) is 0 Å². The standard InChI is InChI=1S/C45H26N4OS/c1-2-13-27(14-3-1)43-46-44(48-45(47-43)49-35-22-7-4-15-28(35)29-16-5-8-23-36(29)49)34-21-12-25-38-41(34)40-31(18-11-24-37(40)50-38)33-20-10-19-32-30-17-6-9-26-39(30)51-42(32)33/h1-26H/i4D,5D,7D,8D,15D,16D,22D,23D. The number of furan rings is 1. The Bertz CT molecular complexity index is 3540. The van der Waals surface area contributed by atoms with Crippen molar-refractivity contribution in [3.8, 4) is 39.9 Å². The average Bonchev–Trinajstić information content (AvgIpc) is 3.97. The van der Waals surface area contributed by atoms with Crippen LogP contribution in [0.15, 0.2) is 162 Å². The van der Waals surface area contributed by atoms with Crippen molar-refractivity contribution in [2.24, 2.45) is 0 Å². The van der Waals surface area contributed by atoms with Crippen molar-refractivity contribution in [2.75, 3.05) is 0 Å². The molecule has 0 aliphatic carbocycles. The van der Waals surface area contributed by atoms with E-state index >= 15 is 0 Å². The zero-order valence-electron chi connectivity index (χ0n) is 34.5. The minimum absolute atomic E-state index is 0.0655. The lowest BCUT2D eigenvalue weighted by atomic mass is 9.96. The Kier molecular flexibility index (Phi) is 4.60. The topological polar surface area (TPSA) is 56.7 Å². The van der Waals surface area contributed by atoms with Gasteiger partial charge in [0.25, 0.3) is 0 Å². The van der Waals surface area contributed by atoms with Gasteiger partial charge in [-0.2, -0.15) is 9.97 Å². The molecule has 6 heteroatoms. The highest BCUT2D eigenvalue weighted by Crippen LogP contribution is 2.45. The van der Waals surface area contributed by atoms with E-state index in [2.05, 4.69) is 36.4 Å². The first-order chi connectivity index (χ1) is 28.6. The second-order valence-corrected chi connectivity index (χ2v) is 13.2. The number of hydrogen-bond donors (Lipinski definition) is 0. The van der Waals surface area contributed by atoms with Crippen LogP contribution in [0, 0.1) is 0 Å². The van der Waals surface area contributed by atoms with Crippen LogP contribution < -0.4 is 0 Å². The molecule has 0 bridgehead atoms. The van der Waals surface area contributed by atoms with E-state index in [0.717, 1.165) is 32.0 Å². The Balaban J connectivity index is 1.26. The molecule has 0 spiro atoms. The first kappa shape index (κ1) is 21.5. The van der Waals surface area contributed by atoms with E-state index < -0.39 is 48.3 Å². The second kappa shape index (κ2) is 10.9. The average molecular weight is 679 g/mol. The molecule has 0 saturated carbocycles. The fraction of sp³-hybridized carbons (Fsp3) is 0. The van der Waals surface area contributed by atoms with Crippen molar-refractivity contribution >= 4 is 75.3 Å². The van der Waals surface area contributed by atoms with Gasteiger partial charge in [-0.05, 0) is 35.8 Å². The fourth-order valence-electron chi connectivity index (χ4n) is 7.16. The summed E-state index contributed by atoms with van der Waals surface area (Å²) in [7, 11) is 0. The smallest absolute Gasteiger partial charge is 0.238 e. The Hall–Kier alpha value is -6.63.